The van der Waals surface area contributed by atoms with Gasteiger partial charge >= 0.3 is 5.97 Å². The predicted octanol–water partition coefficient (Wildman–Crippen LogP) is 1.96. The van der Waals surface area contributed by atoms with Crippen LogP contribution in [0.15, 0.2) is 18.2 Å². The molecule has 21 heavy (non-hydrogen) atoms. The van der Waals surface area contributed by atoms with Crippen LogP contribution in [0.5, 0.6) is 0 Å². The van der Waals surface area contributed by atoms with Crippen molar-refractivity contribution >= 4 is 17.6 Å². The lowest BCUT2D eigenvalue weighted by Crippen LogP contribution is -2.42. The van der Waals surface area contributed by atoms with E-state index in [1.54, 1.807) is 13.8 Å². The highest BCUT2D eigenvalue weighted by atomic mass is 19.1. The van der Waals surface area contributed by atoms with Gasteiger partial charge in [0.2, 0.25) is 0 Å². The van der Waals surface area contributed by atoms with Crippen LogP contribution in [0.25, 0.3) is 0 Å². The van der Waals surface area contributed by atoms with E-state index in [-0.39, 0.29) is 17.4 Å². The number of hydrogen-bond donors (Lipinski definition) is 1. The van der Waals surface area contributed by atoms with Crippen molar-refractivity contribution in [3.05, 3.63) is 29.6 Å². The van der Waals surface area contributed by atoms with Gasteiger partial charge in [-0.15, -0.1) is 0 Å². The van der Waals surface area contributed by atoms with Crippen LogP contribution in [-0.4, -0.2) is 35.5 Å². The molecular formula is C15H19FN2O3. The van der Waals surface area contributed by atoms with E-state index in [4.69, 9.17) is 10.5 Å². The number of rotatable bonds is 3. The zero-order chi connectivity index (χ0) is 15.6. The van der Waals surface area contributed by atoms with E-state index in [1.165, 1.54) is 23.1 Å². The van der Waals surface area contributed by atoms with Crippen LogP contribution >= 0.6 is 0 Å². The number of anilines is 1. The second-order valence-electron chi connectivity index (χ2n) is 5.35. The Kier molecular flexibility index (Phi) is 4.45. The van der Waals surface area contributed by atoms with E-state index in [2.05, 4.69) is 0 Å². The smallest absolute Gasteiger partial charge is 0.329 e. The lowest BCUT2D eigenvalue weighted by Gasteiger charge is -2.24. The summed E-state index contributed by atoms with van der Waals surface area (Å²) in [5.74, 6) is -1.71. The normalized spacial score (nSPS) is 18.1. The van der Waals surface area contributed by atoms with Crippen LogP contribution < -0.4 is 5.73 Å². The maximum atomic E-state index is 14.0. The van der Waals surface area contributed by atoms with E-state index in [1.807, 2.05) is 0 Å². The number of esters is 1. The van der Waals surface area contributed by atoms with Crippen LogP contribution in [0.4, 0.5) is 10.1 Å². The Labute approximate surface area is 122 Å². The Balaban J connectivity index is 2.21. The Morgan fingerprint density at radius 1 is 1.43 bits per heavy atom. The van der Waals surface area contributed by atoms with Gasteiger partial charge in [0.05, 0.1) is 17.4 Å². The quantitative estimate of drug-likeness (QED) is 0.683. The van der Waals surface area contributed by atoms with Crippen molar-refractivity contribution in [2.75, 3.05) is 12.3 Å². The van der Waals surface area contributed by atoms with E-state index in [0.29, 0.717) is 19.4 Å². The molecule has 1 saturated heterocycles. The number of hydrogen-bond acceptors (Lipinski definition) is 4. The molecule has 2 N–H and O–H groups in total. The molecule has 1 aliphatic rings. The number of ether oxygens (including phenoxy) is 1. The van der Waals surface area contributed by atoms with Crippen molar-refractivity contribution in [2.45, 2.75) is 38.8 Å². The van der Waals surface area contributed by atoms with Crippen molar-refractivity contribution in [3.63, 3.8) is 0 Å². The fourth-order valence-corrected chi connectivity index (χ4v) is 2.44. The van der Waals surface area contributed by atoms with E-state index >= 15 is 0 Å². The van der Waals surface area contributed by atoms with Gasteiger partial charge in [-0.2, -0.15) is 0 Å². The molecule has 1 aliphatic heterocycles. The Hall–Kier alpha value is -2.11. The average Bonchev–Trinajstić information content (AvgIpc) is 2.89. The third-order valence-electron chi connectivity index (χ3n) is 3.40. The van der Waals surface area contributed by atoms with Crippen LogP contribution in [0.1, 0.15) is 37.0 Å². The van der Waals surface area contributed by atoms with Gasteiger partial charge in [-0.25, -0.2) is 9.18 Å². The van der Waals surface area contributed by atoms with Crippen LogP contribution in [0.2, 0.25) is 0 Å². The van der Waals surface area contributed by atoms with Gasteiger partial charge in [-0.05, 0) is 38.8 Å². The minimum atomic E-state index is -0.745. The lowest BCUT2D eigenvalue weighted by molar-refractivity contribution is -0.151. The van der Waals surface area contributed by atoms with E-state index < -0.39 is 23.7 Å². The molecule has 1 heterocycles. The van der Waals surface area contributed by atoms with Gasteiger partial charge in [0.15, 0.2) is 5.82 Å². The highest BCUT2D eigenvalue weighted by Gasteiger charge is 2.36. The van der Waals surface area contributed by atoms with Gasteiger partial charge in [0.25, 0.3) is 5.91 Å². The zero-order valence-electron chi connectivity index (χ0n) is 12.1. The van der Waals surface area contributed by atoms with E-state index in [0.717, 1.165) is 0 Å². The summed E-state index contributed by atoms with van der Waals surface area (Å²) < 4.78 is 19.1. The first-order chi connectivity index (χ1) is 9.91. The summed E-state index contributed by atoms with van der Waals surface area (Å²) in [6.07, 6.45) is 0.966. The molecule has 0 aromatic heterocycles. The average molecular weight is 294 g/mol. The number of halogens is 1. The summed E-state index contributed by atoms with van der Waals surface area (Å²) in [5, 5.41) is 0. The SMILES string of the molecule is CC(C)OC(=O)[C@@H]1CCCN1C(=O)c1cccc(N)c1F. The summed E-state index contributed by atoms with van der Waals surface area (Å²) in [4.78, 5) is 25.8. The summed E-state index contributed by atoms with van der Waals surface area (Å²) in [5.41, 5.74) is 5.29. The Morgan fingerprint density at radius 3 is 2.81 bits per heavy atom. The highest BCUT2D eigenvalue weighted by molar-refractivity contribution is 5.98. The fraction of sp³-hybridized carbons (Fsp3) is 0.467. The maximum Gasteiger partial charge on any atom is 0.329 e. The van der Waals surface area contributed by atoms with Gasteiger partial charge in [0.1, 0.15) is 6.04 Å². The van der Waals surface area contributed by atoms with Crippen molar-refractivity contribution in [1.82, 2.24) is 4.90 Å². The molecule has 1 atom stereocenters. The molecule has 5 nitrogen and oxygen atoms in total. The lowest BCUT2D eigenvalue weighted by atomic mass is 10.1. The molecule has 0 unspecified atom stereocenters. The van der Waals surface area contributed by atoms with Gasteiger partial charge < -0.3 is 15.4 Å². The Bertz CT molecular complexity index is 560. The number of carbonyl (C=O) groups is 2. The number of carbonyl (C=O) groups excluding carboxylic acids is 2. The molecule has 0 radical (unpaired) electrons. The molecule has 1 aromatic carbocycles. The number of likely N-dealkylation sites (tertiary alicyclic amines) is 1. The first-order valence-electron chi connectivity index (χ1n) is 6.97. The van der Waals surface area contributed by atoms with Crippen LogP contribution in [0.3, 0.4) is 0 Å². The number of nitrogens with zero attached hydrogens (tertiary/aromatic N) is 1. The monoisotopic (exact) mass is 294 g/mol. The third-order valence-corrected chi connectivity index (χ3v) is 3.40. The molecule has 0 spiro atoms. The number of amides is 1. The maximum absolute atomic E-state index is 14.0. The first kappa shape index (κ1) is 15.3. The molecule has 1 fully saturated rings. The van der Waals surface area contributed by atoms with Gasteiger partial charge in [-0.3, -0.25) is 4.79 Å². The summed E-state index contributed by atoms with van der Waals surface area (Å²) >= 11 is 0. The molecule has 0 aliphatic carbocycles. The number of benzene rings is 1. The van der Waals surface area contributed by atoms with Crippen molar-refractivity contribution < 1.29 is 18.7 Å². The van der Waals surface area contributed by atoms with Gasteiger partial charge in [-0.1, -0.05) is 6.07 Å². The standard InChI is InChI=1S/C15H19FN2O3/c1-9(2)21-15(20)12-7-4-8-18(12)14(19)10-5-3-6-11(17)13(10)16/h3,5-6,9,12H,4,7-8,17H2,1-2H3/t12-/m0/s1. The van der Waals surface area contributed by atoms with E-state index in [9.17, 15) is 14.0 Å². The van der Waals surface area contributed by atoms with Crippen molar-refractivity contribution in [2.24, 2.45) is 0 Å². The molecular weight excluding hydrogens is 275 g/mol. The summed E-state index contributed by atoms with van der Waals surface area (Å²) in [6, 6.07) is 3.63. The predicted molar refractivity (Wildman–Crippen MR) is 76.1 cm³/mol. The molecule has 114 valence electrons. The van der Waals surface area contributed by atoms with Gasteiger partial charge in [0, 0.05) is 6.54 Å². The molecule has 6 heteroatoms. The number of nitrogen functional groups attached to an aromatic ring is 1. The molecule has 1 amide bonds. The first-order valence-corrected chi connectivity index (χ1v) is 6.97. The second-order valence-corrected chi connectivity index (χ2v) is 5.35. The fourth-order valence-electron chi connectivity index (χ4n) is 2.44. The largest absolute Gasteiger partial charge is 0.461 e. The van der Waals surface area contributed by atoms with Crippen molar-refractivity contribution in [1.29, 1.82) is 0 Å². The molecule has 0 bridgehead atoms. The molecule has 0 saturated carbocycles. The summed E-state index contributed by atoms with van der Waals surface area (Å²) in [7, 11) is 0. The third kappa shape index (κ3) is 3.15. The molecule has 1 aromatic rings. The zero-order valence-corrected chi connectivity index (χ0v) is 12.1. The second kappa shape index (κ2) is 6.11. The Morgan fingerprint density at radius 2 is 2.14 bits per heavy atom. The van der Waals surface area contributed by atoms with Crippen LogP contribution in [0, 0.1) is 5.82 Å². The number of nitrogens with two attached hydrogens (primary N) is 1. The highest BCUT2D eigenvalue weighted by Crippen LogP contribution is 2.24. The van der Waals surface area contributed by atoms with Crippen molar-refractivity contribution in [3.8, 4) is 0 Å². The minimum Gasteiger partial charge on any atom is -0.461 e. The summed E-state index contributed by atoms with van der Waals surface area (Å²) in [6.45, 7) is 3.90. The topological polar surface area (TPSA) is 72.6 Å². The minimum absolute atomic E-state index is 0.0821. The van der Waals surface area contributed by atoms with Crippen LogP contribution in [-0.2, 0) is 9.53 Å². The molecule has 2 rings (SSSR count).